The number of aryl methyl sites for hydroxylation is 1. The van der Waals surface area contributed by atoms with E-state index >= 15 is 0 Å². The highest BCUT2D eigenvalue weighted by atomic mass is 16.5. The van der Waals surface area contributed by atoms with Crippen molar-refractivity contribution in [2.24, 2.45) is 5.92 Å². The van der Waals surface area contributed by atoms with Crippen molar-refractivity contribution < 1.29 is 4.74 Å². The Morgan fingerprint density at radius 1 is 1.35 bits per heavy atom. The van der Waals surface area contributed by atoms with E-state index in [1.165, 1.54) is 44.5 Å². The Hall–Kier alpha value is -1.06. The first-order valence-corrected chi connectivity index (χ1v) is 7.96. The zero-order chi connectivity index (χ0) is 13.8. The topological polar surface area (TPSA) is 24.5 Å². The highest BCUT2D eigenvalue weighted by Crippen LogP contribution is 2.33. The van der Waals surface area contributed by atoms with Gasteiger partial charge in [-0.3, -0.25) is 4.90 Å². The van der Waals surface area contributed by atoms with Crippen LogP contribution in [0.4, 0.5) is 0 Å². The number of nitrogens with zero attached hydrogens (tertiary/aromatic N) is 1. The van der Waals surface area contributed by atoms with Crippen LogP contribution in [0.15, 0.2) is 24.3 Å². The molecule has 110 valence electrons. The number of hydrogen-bond acceptors (Lipinski definition) is 3. The molecule has 0 bridgehead atoms. The summed E-state index contributed by atoms with van der Waals surface area (Å²) >= 11 is 0. The molecule has 0 aromatic heterocycles. The van der Waals surface area contributed by atoms with Gasteiger partial charge in [0.05, 0.1) is 0 Å². The Morgan fingerprint density at radius 3 is 3.05 bits per heavy atom. The van der Waals surface area contributed by atoms with Crippen molar-refractivity contribution in [3.8, 4) is 5.75 Å². The highest BCUT2D eigenvalue weighted by Gasteiger charge is 2.32. The van der Waals surface area contributed by atoms with Gasteiger partial charge < -0.3 is 10.1 Å². The number of hydrogen-bond donors (Lipinski definition) is 1. The molecule has 1 atom stereocenters. The van der Waals surface area contributed by atoms with Crippen molar-refractivity contribution in [1.82, 2.24) is 10.2 Å². The standard InChI is InChI=1S/C17H26N2O/c1-14-4-2-5-16(12-14)20-11-10-19-9-3-8-18-17(13-19)15-6-7-15/h2,4-5,12,15,17-18H,3,6-11,13H2,1H3. The van der Waals surface area contributed by atoms with Crippen LogP contribution in [0, 0.1) is 12.8 Å². The van der Waals surface area contributed by atoms with Crippen molar-refractivity contribution in [3.05, 3.63) is 29.8 Å². The third-order valence-corrected chi connectivity index (χ3v) is 4.37. The van der Waals surface area contributed by atoms with Crippen LogP contribution in [0.3, 0.4) is 0 Å². The summed E-state index contributed by atoms with van der Waals surface area (Å²) in [5.74, 6) is 1.94. The zero-order valence-electron chi connectivity index (χ0n) is 12.5. The first-order valence-electron chi connectivity index (χ1n) is 7.96. The average Bonchev–Trinajstić information content (AvgIpc) is 3.25. The molecule has 3 nitrogen and oxygen atoms in total. The molecule has 0 radical (unpaired) electrons. The van der Waals surface area contributed by atoms with Crippen molar-refractivity contribution >= 4 is 0 Å². The molecule has 3 rings (SSSR count). The molecule has 1 heterocycles. The third kappa shape index (κ3) is 3.97. The lowest BCUT2D eigenvalue weighted by Gasteiger charge is -2.24. The Balaban J connectivity index is 1.44. The number of nitrogens with one attached hydrogen (secondary N) is 1. The zero-order valence-corrected chi connectivity index (χ0v) is 12.5. The SMILES string of the molecule is Cc1cccc(OCCN2CCCNC(C3CC3)C2)c1. The van der Waals surface area contributed by atoms with E-state index in [1.54, 1.807) is 0 Å². The van der Waals surface area contributed by atoms with Gasteiger partial charge in [0, 0.05) is 19.1 Å². The summed E-state index contributed by atoms with van der Waals surface area (Å²) in [7, 11) is 0. The molecule has 0 amide bonds. The first kappa shape index (κ1) is 13.9. The van der Waals surface area contributed by atoms with E-state index in [0.717, 1.165) is 30.9 Å². The van der Waals surface area contributed by atoms with Gasteiger partial charge in [0.15, 0.2) is 0 Å². The summed E-state index contributed by atoms with van der Waals surface area (Å²) in [5, 5.41) is 3.71. The van der Waals surface area contributed by atoms with E-state index < -0.39 is 0 Å². The minimum absolute atomic E-state index is 0.719. The maximum Gasteiger partial charge on any atom is 0.119 e. The minimum Gasteiger partial charge on any atom is -0.492 e. The van der Waals surface area contributed by atoms with Gasteiger partial charge in [-0.25, -0.2) is 0 Å². The van der Waals surface area contributed by atoms with Gasteiger partial charge in [-0.2, -0.15) is 0 Å². The minimum atomic E-state index is 0.719. The fourth-order valence-electron chi connectivity index (χ4n) is 3.04. The summed E-state index contributed by atoms with van der Waals surface area (Å²) < 4.78 is 5.88. The van der Waals surface area contributed by atoms with Crippen LogP contribution in [0.2, 0.25) is 0 Å². The van der Waals surface area contributed by atoms with Crippen LogP contribution >= 0.6 is 0 Å². The van der Waals surface area contributed by atoms with E-state index in [4.69, 9.17) is 4.74 Å². The lowest BCUT2D eigenvalue weighted by atomic mass is 10.2. The Morgan fingerprint density at radius 2 is 2.25 bits per heavy atom. The molecule has 1 aliphatic heterocycles. The highest BCUT2D eigenvalue weighted by molar-refractivity contribution is 5.27. The van der Waals surface area contributed by atoms with Gasteiger partial charge in [0.25, 0.3) is 0 Å². The molecule has 20 heavy (non-hydrogen) atoms. The Kier molecular flexibility index (Phi) is 4.58. The van der Waals surface area contributed by atoms with E-state index in [0.29, 0.717) is 0 Å². The van der Waals surface area contributed by atoms with Gasteiger partial charge in [-0.1, -0.05) is 12.1 Å². The fraction of sp³-hybridized carbons (Fsp3) is 0.647. The molecular formula is C17H26N2O. The summed E-state index contributed by atoms with van der Waals surface area (Å²) in [5.41, 5.74) is 1.26. The monoisotopic (exact) mass is 274 g/mol. The number of rotatable bonds is 5. The molecule has 1 saturated carbocycles. The van der Waals surface area contributed by atoms with Crippen LogP contribution in [0.25, 0.3) is 0 Å². The molecule has 1 aliphatic carbocycles. The lowest BCUT2D eigenvalue weighted by molar-refractivity contribution is 0.202. The smallest absolute Gasteiger partial charge is 0.119 e. The maximum absolute atomic E-state index is 5.88. The van der Waals surface area contributed by atoms with Gasteiger partial charge in [-0.05, 0) is 62.9 Å². The van der Waals surface area contributed by atoms with Crippen molar-refractivity contribution in [2.45, 2.75) is 32.2 Å². The quantitative estimate of drug-likeness (QED) is 0.892. The largest absolute Gasteiger partial charge is 0.492 e. The van der Waals surface area contributed by atoms with Gasteiger partial charge >= 0.3 is 0 Å². The summed E-state index contributed by atoms with van der Waals surface area (Å²) in [6.45, 7) is 7.51. The third-order valence-electron chi connectivity index (χ3n) is 4.37. The van der Waals surface area contributed by atoms with Crippen LogP contribution < -0.4 is 10.1 Å². The molecule has 3 heteroatoms. The van der Waals surface area contributed by atoms with Gasteiger partial charge in [-0.15, -0.1) is 0 Å². The predicted octanol–water partition coefficient (Wildman–Crippen LogP) is 2.45. The molecule has 2 fully saturated rings. The molecule has 1 aromatic carbocycles. The first-order chi connectivity index (χ1) is 9.81. The van der Waals surface area contributed by atoms with E-state index in [2.05, 4.69) is 35.3 Å². The molecule has 0 spiro atoms. The fourth-order valence-corrected chi connectivity index (χ4v) is 3.04. The second-order valence-corrected chi connectivity index (χ2v) is 6.22. The summed E-state index contributed by atoms with van der Waals surface area (Å²) in [6, 6.07) is 9.04. The summed E-state index contributed by atoms with van der Waals surface area (Å²) in [6.07, 6.45) is 4.10. The molecule has 2 aliphatic rings. The van der Waals surface area contributed by atoms with Crippen molar-refractivity contribution in [3.63, 3.8) is 0 Å². The van der Waals surface area contributed by atoms with E-state index in [1.807, 2.05) is 6.07 Å². The van der Waals surface area contributed by atoms with Crippen LogP contribution in [-0.4, -0.2) is 43.7 Å². The molecule has 1 N–H and O–H groups in total. The van der Waals surface area contributed by atoms with Crippen molar-refractivity contribution in [1.29, 1.82) is 0 Å². The van der Waals surface area contributed by atoms with Gasteiger partial charge in [0.1, 0.15) is 12.4 Å². The Labute approximate surface area is 122 Å². The van der Waals surface area contributed by atoms with Crippen LogP contribution in [0.5, 0.6) is 5.75 Å². The van der Waals surface area contributed by atoms with E-state index in [-0.39, 0.29) is 0 Å². The predicted molar refractivity (Wildman–Crippen MR) is 82.2 cm³/mol. The molecule has 1 aromatic rings. The molecular weight excluding hydrogens is 248 g/mol. The Bertz CT molecular complexity index is 431. The summed E-state index contributed by atoms with van der Waals surface area (Å²) in [4.78, 5) is 2.57. The van der Waals surface area contributed by atoms with Crippen LogP contribution in [0.1, 0.15) is 24.8 Å². The maximum atomic E-state index is 5.88. The number of ether oxygens (including phenoxy) is 1. The second-order valence-electron chi connectivity index (χ2n) is 6.22. The van der Waals surface area contributed by atoms with Crippen molar-refractivity contribution in [2.75, 3.05) is 32.8 Å². The second kappa shape index (κ2) is 6.59. The normalized spacial score (nSPS) is 24.4. The molecule has 1 saturated heterocycles. The average molecular weight is 274 g/mol. The lowest BCUT2D eigenvalue weighted by Crippen LogP contribution is -2.40. The van der Waals surface area contributed by atoms with Gasteiger partial charge in [0.2, 0.25) is 0 Å². The molecule has 1 unspecified atom stereocenters. The number of benzene rings is 1. The van der Waals surface area contributed by atoms with E-state index in [9.17, 15) is 0 Å². The van der Waals surface area contributed by atoms with Crippen LogP contribution in [-0.2, 0) is 0 Å².